The average molecular weight is 229 g/mol. The van der Waals surface area contributed by atoms with Gasteiger partial charge >= 0.3 is 0 Å². The van der Waals surface area contributed by atoms with Crippen LogP contribution in [0.2, 0.25) is 0 Å². The number of para-hydroxylation sites is 1. The van der Waals surface area contributed by atoms with Crippen LogP contribution >= 0.6 is 0 Å². The van der Waals surface area contributed by atoms with E-state index in [1.54, 1.807) is 6.20 Å². The highest BCUT2D eigenvalue weighted by molar-refractivity contribution is 5.32. The van der Waals surface area contributed by atoms with Gasteiger partial charge in [0.05, 0.1) is 0 Å². The largest absolute Gasteiger partial charge is 0.486 e. The highest BCUT2D eigenvalue weighted by Gasteiger charge is 1.99. The first-order valence-electron chi connectivity index (χ1n) is 5.62. The molecule has 1 aromatic carbocycles. The molecule has 17 heavy (non-hydrogen) atoms. The normalized spacial score (nSPS) is 9.94. The lowest BCUT2D eigenvalue weighted by molar-refractivity contribution is 0.296. The van der Waals surface area contributed by atoms with Crippen LogP contribution in [0.15, 0.2) is 42.6 Å². The van der Waals surface area contributed by atoms with E-state index in [0.29, 0.717) is 12.4 Å². The number of hydrogen-bond acceptors (Lipinski definition) is 4. The molecule has 0 spiro atoms. The molecule has 0 bridgehead atoms. The molecule has 0 saturated carbocycles. The summed E-state index contributed by atoms with van der Waals surface area (Å²) in [6.07, 6.45) is 1.73. The summed E-state index contributed by atoms with van der Waals surface area (Å²) in [4.78, 5) is 8.49. The summed E-state index contributed by atoms with van der Waals surface area (Å²) >= 11 is 0. The molecule has 1 heterocycles. The summed E-state index contributed by atoms with van der Waals surface area (Å²) in [5.41, 5.74) is 0. The Labute approximate surface area is 101 Å². The van der Waals surface area contributed by atoms with Crippen LogP contribution in [0.1, 0.15) is 12.7 Å². The Hall–Kier alpha value is -2.10. The fourth-order valence-electron chi connectivity index (χ4n) is 1.41. The van der Waals surface area contributed by atoms with Gasteiger partial charge in [-0.25, -0.2) is 9.97 Å². The maximum Gasteiger partial charge on any atom is 0.168 e. The van der Waals surface area contributed by atoms with Gasteiger partial charge in [-0.2, -0.15) is 0 Å². The molecule has 88 valence electrons. The Morgan fingerprint density at radius 2 is 2.00 bits per heavy atom. The fourth-order valence-corrected chi connectivity index (χ4v) is 1.41. The second-order valence-electron chi connectivity index (χ2n) is 3.49. The van der Waals surface area contributed by atoms with Crippen LogP contribution in [0.4, 0.5) is 5.82 Å². The van der Waals surface area contributed by atoms with Crippen molar-refractivity contribution in [3.8, 4) is 5.75 Å². The number of anilines is 1. The molecular weight excluding hydrogens is 214 g/mol. The highest BCUT2D eigenvalue weighted by atomic mass is 16.5. The van der Waals surface area contributed by atoms with Crippen LogP contribution in [0, 0.1) is 0 Å². The fraction of sp³-hybridized carbons (Fsp3) is 0.231. The third kappa shape index (κ3) is 3.45. The van der Waals surface area contributed by atoms with Crippen molar-refractivity contribution in [2.45, 2.75) is 13.5 Å². The van der Waals surface area contributed by atoms with Gasteiger partial charge in [0, 0.05) is 12.7 Å². The number of aromatic nitrogens is 2. The van der Waals surface area contributed by atoms with Crippen molar-refractivity contribution in [3.05, 3.63) is 48.4 Å². The molecule has 0 aliphatic carbocycles. The monoisotopic (exact) mass is 229 g/mol. The first-order chi connectivity index (χ1) is 8.38. The summed E-state index contributed by atoms with van der Waals surface area (Å²) in [5.74, 6) is 2.33. The molecule has 0 radical (unpaired) electrons. The van der Waals surface area contributed by atoms with Crippen molar-refractivity contribution < 1.29 is 4.74 Å². The van der Waals surface area contributed by atoms with E-state index < -0.39 is 0 Å². The van der Waals surface area contributed by atoms with Gasteiger partial charge in [0.2, 0.25) is 0 Å². The molecule has 4 heteroatoms. The molecule has 0 atom stereocenters. The smallest absolute Gasteiger partial charge is 0.168 e. The van der Waals surface area contributed by atoms with E-state index >= 15 is 0 Å². The number of rotatable bonds is 5. The molecule has 0 saturated heterocycles. The van der Waals surface area contributed by atoms with Crippen LogP contribution in [0.25, 0.3) is 0 Å². The number of hydrogen-bond donors (Lipinski definition) is 1. The van der Waals surface area contributed by atoms with E-state index in [2.05, 4.69) is 15.3 Å². The lowest BCUT2D eigenvalue weighted by Gasteiger charge is -2.06. The predicted octanol–water partition coefficient (Wildman–Crippen LogP) is 2.49. The Kier molecular flexibility index (Phi) is 3.91. The maximum absolute atomic E-state index is 5.57. The second kappa shape index (κ2) is 5.84. The average Bonchev–Trinajstić information content (AvgIpc) is 2.39. The minimum atomic E-state index is 0.378. The Bertz CT molecular complexity index is 459. The quantitative estimate of drug-likeness (QED) is 0.855. The van der Waals surface area contributed by atoms with E-state index in [9.17, 15) is 0 Å². The SMILES string of the molecule is CCNc1ccnc(COc2ccccc2)n1. The van der Waals surface area contributed by atoms with Crippen LogP contribution in [-0.2, 0) is 6.61 Å². The Balaban J connectivity index is 1.97. The van der Waals surface area contributed by atoms with E-state index in [0.717, 1.165) is 18.1 Å². The molecule has 1 N–H and O–H groups in total. The van der Waals surface area contributed by atoms with Gasteiger partial charge in [-0.3, -0.25) is 0 Å². The van der Waals surface area contributed by atoms with Crippen molar-refractivity contribution in [1.82, 2.24) is 9.97 Å². The van der Waals surface area contributed by atoms with Crippen LogP contribution in [0.5, 0.6) is 5.75 Å². The summed E-state index contributed by atoms with van der Waals surface area (Å²) in [5, 5.41) is 3.14. The van der Waals surface area contributed by atoms with Crippen LogP contribution in [-0.4, -0.2) is 16.5 Å². The molecule has 0 fully saturated rings. The van der Waals surface area contributed by atoms with Crippen LogP contribution in [0.3, 0.4) is 0 Å². The summed E-state index contributed by atoms with van der Waals surface area (Å²) in [6.45, 7) is 3.25. The first-order valence-corrected chi connectivity index (χ1v) is 5.62. The molecule has 2 rings (SSSR count). The van der Waals surface area contributed by atoms with Gasteiger partial charge in [-0.1, -0.05) is 18.2 Å². The van der Waals surface area contributed by atoms with Gasteiger partial charge < -0.3 is 10.1 Å². The molecule has 0 aliphatic rings. The first kappa shape index (κ1) is 11.4. The van der Waals surface area contributed by atoms with E-state index in [-0.39, 0.29) is 0 Å². The predicted molar refractivity (Wildman–Crippen MR) is 67.0 cm³/mol. The lowest BCUT2D eigenvalue weighted by atomic mass is 10.3. The summed E-state index contributed by atoms with van der Waals surface area (Å²) < 4.78 is 5.57. The lowest BCUT2D eigenvalue weighted by Crippen LogP contribution is -2.05. The van der Waals surface area contributed by atoms with Crippen molar-refractivity contribution in [2.75, 3.05) is 11.9 Å². The highest BCUT2D eigenvalue weighted by Crippen LogP contribution is 2.10. The van der Waals surface area contributed by atoms with Crippen molar-refractivity contribution in [3.63, 3.8) is 0 Å². The van der Waals surface area contributed by atoms with E-state index in [1.807, 2.05) is 43.3 Å². The molecule has 0 amide bonds. The number of ether oxygens (including phenoxy) is 1. The minimum Gasteiger partial charge on any atom is -0.486 e. The summed E-state index contributed by atoms with van der Waals surface area (Å²) in [6, 6.07) is 11.5. The van der Waals surface area contributed by atoms with Gasteiger partial charge in [0.1, 0.15) is 18.2 Å². The number of benzene rings is 1. The molecule has 1 aromatic heterocycles. The molecule has 2 aromatic rings. The molecular formula is C13H15N3O. The third-order valence-corrected chi connectivity index (χ3v) is 2.17. The van der Waals surface area contributed by atoms with Crippen molar-refractivity contribution in [2.24, 2.45) is 0 Å². The molecule has 4 nitrogen and oxygen atoms in total. The molecule has 0 unspecified atom stereocenters. The van der Waals surface area contributed by atoms with Crippen molar-refractivity contribution >= 4 is 5.82 Å². The topological polar surface area (TPSA) is 47.0 Å². The van der Waals surface area contributed by atoms with Gasteiger partial charge in [0.15, 0.2) is 5.82 Å². The Morgan fingerprint density at radius 3 is 2.76 bits per heavy atom. The van der Waals surface area contributed by atoms with Gasteiger partial charge in [-0.15, -0.1) is 0 Å². The maximum atomic E-state index is 5.57. The van der Waals surface area contributed by atoms with Gasteiger partial charge in [0.25, 0.3) is 0 Å². The van der Waals surface area contributed by atoms with E-state index in [4.69, 9.17) is 4.74 Å². The van der Waals surface area contributed by atoms with Crippen molar-refractivity contribution in [1.29, 1.82) is 0 Å². The van der Waals surface area contributed by atoms with Gasteiger partial charge in [-0.05, 0) is 25.1 Å². The standard InChI is InChI=1S/C13H15N3O/c1-2-14-12-8-9-15-13(16-12)10-17-11-6-4-3-5-7-11/h3-9H,2,10H2,1H3,(H,14,15,16). The Morgan fingerprint density at radius 1 is 1.18 bits per heavy atom. The molecule has 0 aliphatic heterocycles. The zero-order valence-corrected chi connectivity index (χ0v) is 9.76. The zero-order valence-electron chi connectivity index (χ0n) is 9.76. The second-order valence-corrected chi connectivity index (χ2v) is 3.49. The minimum absolute atomic E-state index is 0.378. The van der Waals surface area contributed by atoms with E-state index in [1.165, 1.54) is 0 Å². The third-order valence-electron chi connectivity index (χ3n) is 2.17. The number of nitrogens with zero attached hydrogens (tertiary/aromatic N) is 2. The zero-order chi connectivity index (χ0) is 11.9. The number of nitrogens with one attached hydrogen (secondary N) is 1. The summed E-state index contributed by atoms with van der Waals surface area (Å²) in [7, 11) is 0. The van der Waals surface area contributed by atoms with Crippen LogP contribution < -0.4 is 10.1 Å².